The molecular formula is C13H20N2OS. The molecule has 1 unspecified atom stereocenters. The van der Waals surface area contributed by atoms with Crippen LogP contribution in [0, 0.1) is 5.92 Å². The summed E-state index contributed by atoms with van der Waals surface area (Å²) in [4.78, 5) is 15.1. The van der Waals surface area contributed by atoms with Gasteiger partial charge in [0.2, 0.25) is 5.91 Å². The number of likely N-dealkylation sites (tertiary alicyclic amines) is 1. The number of carbonyl (C=O) groups excluding carboxylic acids is 1. The number of rotatable bonds is 3. The number of hydrogen-bond acceptors (Lipinski definition) is 3. The molecule has 1 fully saturated rings. The van der Waals surface area contributed by atoms with Crippen molar-refractivity contribution >= 4 is 17.2 Å². The van der Waals surface area contributed by atoms with Crippen LogP contribution in [-0.4, -0.2) is 23.9 Å². The minimum absolute atomic E-state index is 0.0852. The van der Waals surface area contributed by atoms with Crippen molar-refractivity contribution in [2.75, 3.05) is 13.1 Å². The highest BCUT2D eigenvalue weighted by atomic mass is 32.1. The standard InChI is InChI=1S/C13H20N2OS/c1-2-10-5-7-15(8-6-10)13(16)12(14)11-4-3-9-17-11/h3-4,9-10,12H,2,5-8,14H2,1H3. The van der Waals surface area contributed by atoms with E-state index in [9.17, 15) is 4.79 Å². The summed E-state index contributed by atoms with van der Waals surface area (Å²) in [6.45, 7) is 3.96. The third kappa shape index (κ3) is 2.87. The maximum absolute atomic E-state index is 12.2. The summed E-state index contributed by atoms with van der Waals surface area (Å²) in [5, 5.41) is 1.96. The molecule has 2 rings (SSSR count). The van der Waals surface area contributed by atoms with Gasteiger partial charge in [0.15, 0.2) is 0 Å². The largest absolute Gasteiger partial charge is 0.341 e. The first-order valence-corrected chi connectivity index (χ1v) is 7.18. The second-order valence-electron chi connectivity index (χ2n) is 4.67. The highest BCUT2D eigenvalue weighted by molar-refractivity contribution is 7.10. The topological polar surface area (TPSA) is 46.3 Å². The highest BCUT2D eigenvalue weighted by Crippen LogP contribution is 2.24. The van der Waals surface area contributed by atoms with E-state index >= 15 is 0 Å². The van der Waals surface area contributed by atoms with Gasteiger partial charge in [0, 0.05) is 18.0 Å². The Morgan fingerprint density at radius 3 is 2.82 bits per heavy atom. The number of amides is 1. The molecule has 17 heavy (non-hydrogen) atoms. The lowest BCUT2D eigenvalue weighted by molar-refractivity contribution is -0.134. The van der Waals surface area contributed by atoms with Gasteiger partial charge in [0.1, 0.15) is 6.04 Å². The van der Waals surface area contributed by atoms with Crippen LogP contribution in [0.15, 0.2) is 17.5 Å². The van der Waals surface area contributed by atoms with Gasteiger partial charge in [-0.15, -0.1) is 11.3 Å². The smallest absolute Gasteiger partial charge is 0.244 e. The van der Waals surface area contributed by atoms with Crippen LogP contribution >= 0.6 is 11.3 Å². The van der Waals surface area contributed by atoms with Gasteiger partial charge >= 0.3 is 0 Å². The van der Waals surface area contributed by atoms with Gasteiger partial charge in [0.05, 0.1) is 0 Å². The molecule has 0 bridgehead atoms. The zero-order valence-corrected chi connectivity index (χ0v) is 11.1. The van der Waals surface area contributed by atoms with Crippen LogP contribution in [0.1, 0.15) is 37.1 Å². The lowest BCUT2D eigenvalue weighted by Crippen LogP contribution is -2.43. The fourth-order valence-corrected chi connectivity index (χ4v) is 3.07. The molecule has 0 radical (unpaired) electrons. The molecule has 0 spiro atoms. The SMILES string of the molecule is CCC1CCN(C(=O)C(N)c2cccs2)CC1. The summed E-state index contributed by atoms with van der Waals surface area (Å²) in [5.74, 6) is 0.874. The van der Waals surface area contributed by atoms with Crippen molar-refractivity contribution in [1.29, 1.82) is 0 Å². The summed E-state index contributed by atoms with van der Waals surface area (Å²) in [6, 6.07) is 3.41. The Labute approximate surface area is 107 Å². The van der Waals surface area contributed by atoms with Crippen LogP contribution in [-0.2, 0) is 4.79 Å². The van der Waals surface area contributed by atoms with Gasteiger partial charge in [0.25, 0.3) is 0 Å². The normalized spacial score (nSPS) is 19.3. The van der Waals surface area contributed by atoms with Crippen LogP contribution in [0.4, 0.5) is 0 Å². The molecule has 1 atom stereocenters. The Morgan fingerprint density at radius 1 is 1.59 bits per heavy atom. The first-order chi connectivity index (χ1) is 8.22. The molecule has 2 N–H and O–H groups in total. The maximum Gasteiger partial charge on any atom is 0.244 e. The zero-order valence-electron chi connectivity index (χ0n) is 10.3. The van der Waals surface area contributed by atoms with E-state index in [0.29, 0.717) is 0 Å². The molecule has 1 aliphatic rings. The quantitative estimate of drug-likeness (QED) is 0.898. The molecule has 4 heteroatoms. The summed E-state index contributed by atoms with van der Waals surface area (Å²) in [7, 11) is 0. The number of nitrogens with zero attached hydrogens (tertiary/aromatic N) is 1. The summed E-state index contributed by atoms with van der Waals surface area (Å²) >= 11 is 1.56. The monoisotopic (exact) mass is 252 g/mol. The molecule has 3 nitrogen and oxygen atoms in total. The molecule has 94 valence electrons. The number of thiophene rings is 1. The number of carbonyl (C=O) groups is 1. The van der Waals surface area contributed by atoms with Gasteiger partial charge in [-0.3, -0.25) is 4.79 Å². The van der Waals surface area contributed by atoms with E-state index in [1.54, 1.807) is 11.3 Å². The molecule has 0 saturated carbocycles. The second kappa shape index (κ2) is 5.65. The van der Waals surface area contributed by atoms with E-state index in [1.807, 2.05) is 22.4 Å². The minimum atomic E-state index is -0.465. The number of hydrogen-bond donors (Lipinski definition) is 1. The Kier molecular flexibility index (Phi) is 4.18. The number of nitrogens with two attached hydrogens (primary N) is 1. The van der Waals surface area contributed by atoms with Gasteiger partial charge in [-0.1, -0.05) is 19.4 Å². The first kappa shape index (κ1) is 12.6. The van der Waals surface area contributed by atoms with Gasteiger partial charge in [-0.05, 0) is 30.2 Å². The van der Waals surface area contributed by atoms with Crippen molar-refractivity contribution in [3.8, 4) is 0 Å². The van der Waals surface area contributed by atoms with Crippen LogP contribution in [0.25, 0.3) is 0 Å². The van der Waals surface area contributed by atoms with Crippen molar-refractivity contribution in [2.45, 2.75) is 32.2 Å². The van der Waals surface area contributed by atoms with E-state index in [-0.39, 0.29) is 5.91 Å². The highest BCUT2D eigenvalue weighted by Gasteiger charge is 2.26. The van der Waals surface area contributed by atoms with E-state index in [4.69, 9.17) is 5.73 Å². The Morgan fingerprint density at radius 2 is 2.29 bits per heavy atom. The van der Waals surface area contributed by atoms with Crippen molar-refractivity contribution in [2.24, 2.45) is 11.7 Å². The fraction of sp³-hybridized carbons (Fsp3) is 0.615. The molecule has 0 aliphatic carbocycles. The minimum Gasteiger partial charge on any atom is -0.341 e. The first-order valence-electron chi connectivity index (χ1n) is 6.30. The number of piperidine rings is 1. The second-order valence-corrected chi connectivity index (χ2v) is 5.65. The van der Waals surface area contributed by atoms with Crippen LogP contribution in [0.2, 0.25) is 0 Å². The Bertz CT molecular complexity index is 356. The van der Waals surface area contributed by atoms with E-state index in [1.165, 1.54) is 6.42 Å². The van der Waals surface area contributed by atoms with Crippen LogP contribution < -0.4 is 5.73 Å². The maximum atomic E-state index is 12.2. The van der Waals surface area contributed by atoms with E-state index in [0.717, 1.165) is 36.7 Å². The van der Waals surface area contributed by atoms with Crippen LogP contribution in [0.3, 0.4) is 0 Å². The average Bonchev–Trinajstić information content (AvgIpc) is 2.91. The molecule has 1 saturated heterocycles. The molecule has 1 aromatic rings. The summed E-state index contributed by atoms with van der Waals surface area (Å²) < 4.78 is 0. The van der Waals surface area contributed by atoms with Crippen molar-refractivity contribution in [3.05, 3.63) is 22.4 Å². The van der Waals surface area contributed by atoms with E-state index in [2.05, 4.69) is 6.92 Å². The van der Waals surface area contributed by atoms with E-state index < -0.39 is 6.04 Å². The third-order valence-corrected chi connectivity index (χ3v) is 4.57. The predicted octanol–water partition coefficient (Wildman–Crippen LogP) is 2.40. The van der Waals surface area contributed by atoms with Crippen molar-refractivity contribution < 1.29 is 4.79 Å². The Hall–Kier alpha value is -0.870. The summed E-state index contributed by atoms with van der Waals surface area (Å²) in [5.41, 5.74) is 6.00. The molecule has 1 amide bonds. The molecule has 0 aromatic carbocycles. The summed E-state index contributed by atoms with van der Waals surface area (Å²) in [6.07, 6.45) is 3.47. The molecule has 2 heterocycles. The van der Waals surface area contributed by atoms with Gasteiger partial charge < -0.3 is 10.6 Å². The zero-order chi connectivity index (χ0) is 12.3. The lowest BCUT2D eigenvalue weighted by atomic mass is 9.94. The van der Waals surface area contributed by atoms with Crippen molar-refractivity contribution in [3.63, 3.8) is 0 Å². The van der Waals surface area contributed by atoms with Crippen LogP contribution in [0.5, 0.6) is 0 Å². The lowest BCUT2D eigenvalue weighted by Gasteiger charge is -2.33. The molecular weight excluding hydrogens is 232 g/mol. The van der Waals surface area contributed by atoms with Gasteiger partial charge in [-0.25, -0.2) is 0 Å². The molecule has 1 aliphatic heterocycles. The van der Waals surface area contributed by atoms with Crippen molar-refractivity contribution in [1.82, 2.24) is 4.90 Å². The third-order valence-electron chi connectivity index (χ3n) is 3.62. The average molecular weight is 252 g/mol. The molecule has 1 aromatic heterocycles. The Balaban J connectivity index is 1.93. The fourth-order valence-electron chi connectivity index (χ4n) is 2.35. The van der Waals surface area contributed by atoms with Gasteiger partial charge in [-0.2, -0.15) is 0 Å². The predicted molar refractivity (Wildman–Crippen MR) is 70.8 cm³/mol.